The second-order valence-electron chi connectivity index (χ2n) is 6.29. The molecule has 0 unspecified atom stereocenters. The lowest BCUT2D eigenvalue weighted by Gasteiger charge is -2.14. The molecule has 0 radical (unpaired) electrons. The summed E-state index contributed by atoms with van der Waals surface area (Å²) in [5, 5.41) is 6.85. The van der Waals surface area contributed by atoms with E-state index < -0.39 is 0 Å². The monoisotopic (exact) mass is 331 g/mol. The van der Waals surface area contributed by atoms with Crippen molar-refractivity contribution >= 4 is 17.5 Å². The van der Waals surface area contributed by atoms with Crippen molar-refractivity contribution < 1.29 is 0 Å². The Labute approximate surface area is 147 Å². The summed E-state index contributed by atoms with van der Waals surface area (Å²) in [5.41, 5.74) is 2.66. The summed E-state index contributed by atoms with van der Waals surface area (Å²) < 4.78 is 0. The zero-order valence-electron chi connectivity index (χ0n) is 14.0. The van der Waals surface area contributed by atoms with E-state index in [1.807, 2.05) is 54.6 Å². The molecule has 5 heteroatoms. The molecule has 1 aliphatic carbocycles. The molecular formula is C20H21N5. The van der Waals surface area contributed by atoms with Gasteiger partial charge in [0.2, 0.25) is 5.95 Å². The van der Waals surface area contributed by atoms with E-state index in [0.717, 1.165) is 22.9 Å². The van der Waals surface area contributed by atoms with Gasteiger partial charge in [0.1, 0.15) is 5.82 Å². The van der Waals surface area contributed by atoms with E-state index >= 15 is 0 Å². The van der Waals surface area contributed by atoms with E-state index in [4.69, 9.17) is 0 Å². The predicted molar refractivity (Wildman–Crippen MR) is 101 cm³/mol. The van der Waals surface area contributed by atoms with Crippen molar-refractivity contribution in [3.05, 3.63) is 60.8 Å². The summed E-state index contributed by atoms with van der Waals surface area (Å²) in [6.45, 7) is 0. The minimum atomic E-state index is 0.462. The zero-order valence-corrected chi connectivity index (χ0v) is 14.0. The van der Waals surface area contributed by atoms with Crippen molar-refractivity contribution in [3.63, 3.8) is 0 Å². The van der Waals surface area contributed by atoms with Crippen molar-refractivity contribution in [1.29, 1.82) is 0 Å². The number of nitrogens with one attached hydrogen (secondary N) is 2. The van der Waals surface area contributed by atoms with Crippen molar-refractivity contribution in [2.24, 2.45) is 0 Å². The van der Waals surface area contributed by atoms with Gasteiger partial charge in [0.05, 0.1) is 11.4 Å². The van der Waals surface area contributed by atoms with Crippen molar-refractivity contribution in [2.45, 2.75) is 31.7 Å². The first kappa shape index (κ1) is 15.6. The summed E-state index contributed by atoms with van der Waals surface area (Å²) >= 11 is 0. The Morgan fingerprint density at radius 1 is 0.840 bits per heavy atom. The molecule has 0 bridgehead atoms. The summed E-state index contributed by atoms with van der Waals surface area (Å²) in [4.78, 5) is 13.8. The molecule has 3 aromatic rings. The van der Waals surface area contributed by atoms with Crippen LogP contribution in [0.15, 0.2) is 60.8 Å². The molecule has 0 spiro atoms. The first-order valence-corrected chi connectivity index (χ1v) is 8.76. The average molecular weight is 331 g/mol. The van der Waals surface area contributed by atoms with Crippen LogP contribution < -0.4 is 10.6 Å². The predicted octanol–water partition coefficient (Wildman–Crippen LogP) is 4.64. The number of anilines is 3. The van der Waals surface area contributed by atoms with Crippen molar-refractivity contribution in [3.8, 4) is 11.4 Å². The highest BCUT2D eigenvalue weighted by molar-refractivity contribution is 5.65. The van der Waals surface area contributed by atoms with Crippen LogP contribution in [0, 0.1) is 0 Å². The number of aromatic nitrogens is 3. The number of hydrogen-bond donors (Lipinski definition) is 2. The lowest BCUT2D eigenvalue weighted by Crippen LogP contribution is -2.17. The van der Waals surface area contributed by atoms with Crippen LogP contribution in [0.4, 0.5) is 17.5 Å². The second-order valence-corrected chi connectivity index (χ2v) is 6.29. The third kappa shape index (κ3) is 3.94. The minimum Gasteiger partial charge on any atom is -0.351 e. The van der Waals surface area contributed by atoms with E-state index in [0.29, 0.717) is 12.0 Å². The van der Waals surface area contributed by atoms with E-state index in [-0.39, 0.29) is 0 Å². The van der Waals surface area contributed by atoms with Gasteiger partial charge in [-0.15, -0.1) is 0 Å². The number of pyridine rings is 1. The third-order valence-electron chi connectivity index (χ3n) is 4.39. The van der Waals surface area contributed by atoms with Gasteiger partial charge in [-0.25, -0.2) is 4.98 Å². The smallest absolute Gasteiger partial charge is 0.225 e. The molecule has 2 N–H and O–H groups in total. The molecule has 5 nitrogen and oxygen atoms in total. The van der Waals surface area contributed by atoms with Gasteiger partial charge in [-0.05, 0) is 37.1 Å². The van der Waals surface area contributed by atoms with Gasteiger partial charge in [0.15, 0.2) is 0 Å². The van der Waals surface area contributed by atoms with Gasteiger partial charge in [-0.2, -0.15) is 4.98 Å². The lowest BCUT2D eigenvalue weighted by atomic mass is 10.2. The molecule has 0 saturated heterocycles. The number of para-hydroxylation sites is 1. The van der Waals surface area contributed by atoms with Crippen LogP contribution in [0.1, 0.15) is 25.7 Å². The van der Waals surface area contributed by atoms with Gasteiger partial charge in [0, 0.05) is 24.0 Å². The van der Waals surface area contributed by atoms with Crippen LogP contribution in [0.2, 0.25) is 0 Å². The zero-order chi connectivity index (χ0) is 16.9. The molecule has 1 saturated carbocycles. The largest absolute Gasteiger partial charge is 0.351 e. The van der Waals surface area contributed by atoms with Crippen LogP contribution in [0.25, 0.3) is 11.4 Å². The van der Waals surface area contributed by atoms with E-state index in [1.54, 1.807) is 6.20 Å². The molecule has 0 amide bonds. The second kappa shape index (κ2) is 7.30. The topological polar surface area (TPSA) is 62.7 Å². The number of rotatable bonds is 5. The van der Waals surface area contributed by atoms with Crippen molar-refractivity contribution in [2.75, 3.05) is 10.6 Å². The van der Waals surface area contributed by atoms with Gasteiger partial charge in [-0.3, -0.25) is 4.98 Å². The van der Waals surface area contributed by atoms with E-state index in [9.17, 15) is 0 Å². The molecule has 126 valence electrons. The molecule has 0 atom stereocenters. The molecule has 1 fully saturated rings. The highest BCUT2D eigenvalue weighted by Gasteiger charge is 2.17. The Morgan fingerprint density at radius 3 is 2.40 bits per heavy atom. The summed E-state index contributed by atoms with van der Waals surface area (Å²) in [5.74, 6) is 1.43. The molecule has 1 aliphatic rings. The third-order valence-corrected chi connectivity index (χ3v) is 4.39. The fraction of sp³-hybridized carbons (Fsp3) is 0.250. The van der Waals surface area contributed by atoms with Gasteiger partial charge in [-0.1, -0.05) is 37.1 Å². The first-order valence-electron chi connectivity index (χ1n) is 8.76. The standard InChI is InChI=1S/C20H21N5/c1-2-8-15(9-3-1)22-19-14-18(17-12-6-7-13-21-17)24-20(25-19)23-16-10-4-5-11-16/h1-3,6-9,12-14,16H,4-5,10-11H2,(H2,22,23,24,25). The van der Waals surface area contributed by atoms with Gasteiger partial charge in [0.25, 0.3) is 0 Å². The van der Waals surface area contributed by atoms with E-state index in [2.05, 4.69) is 25.6 Å². The van der Waals surface area contributed by atoms with Crippen LogP contribution in [0.5, 0.6) is 0 Å². The van der Waals surface area contributed by atoms with Crippen LogP contribution >= 0.6 is 0 Å². The Hall–Kier alpha value is -2.95. The lowest BCUT2D eigenvalue weighted by molar-refractivity contribution is 0.744. The van der Waals surface area contributed by atoms with Crippen LogP contribution in [-0.2, 0) is 0 Å². The Morgan fingerprint density at radius 2 is 1.64 bits per heavy atom. The summed E-state index contributed by atoms with van der Waals surface area (Å²) in [6, 6.07) is 18.3. The maximum Gasteiger partial charge on any atom is 0.225 e. The first-order chi connectivity index (χ1) is 12.4. The Balaban J connectivity index is 1.66. The highest BCUT2D eigenvalue weighted by Crippen LogP contribution is 2.25. The fourth-order valence-electron chi connectivity index (χ4n) is 3.14. The molecule has 0 aliphatic heterocycles. The summed E-state index contributed by atoms with van der Waals surface area (Å²) in [6.07, 6.45) is 6.68. The number of benzene rings is 1. The number of hydrogen-bond acceptors (Lipinski definition) is 5. The Bertz CT molecular complexity index is 814. The van der Waals surface area contributed by atoms with Gasteiger partial charge < -0.3 is 10.6 Å². The van der Waals surface area contributed by atoms with E-state index in [1.165, 1.54) is 25.7 Å². The normalized spacial score (nSPS) is 14.4. The molecular weight excluding hydrogens is 310 g/mol. The molecule has 1 aromatic carbocycles. The maximum absolute atomic E-state index is 4.68. The fourth-order valence-corrected chi connectivity index (χ4v) is 3.14. The summed E-state index contributed by atoms with van der Waals surface area (Å²) in [7, 11) is 0. The molecule has 2 heterocycles. The Kier molecular flexibility index (Phi) is 4.55. The number of nitrogens with zero attached hydrogens (tertiary/aromatic N) is 3. The van der Waals surface area contributed by atoms with Crippen LogP contribution in [-0.4, -0.2) is 21.0 Å². The molecule has 25 heavy (non-hydrogen) atoms. The van der Waals surface area contributed by atoms with Crippen LogP contribution in [0.3, 0.4) is 0 Å². The minimum absolute atomic E-state index is 0.462. The SMILES string of the molecule is c1ccc(Nc2cc(-c3ccccn3)nc(NC3CCCC3)n2)cc1. The van der Waals surface area contributed by atoms with Gasteiger partial charge >= 0.3 is 0 Å². The highest BCUT2D eigenvalue weighted by atomic mass is 15.2. The maximum atomic E-state index is 4.68. The average Bonchev–Trinajstić information content (AvgIpc) is 3.16. The quantitative estimate of drug-likeness (QED) is 0.713. The molecule has 2 aromatic heterocycles. The van der Waals surface area contributed by atoms with Crippen molar-refractivity contribution in [1.82, 2.24) is 15.0 Å². The molecule has 4 rings (SSSR count).